The van der Waals surface area contributed by atoms with Crippen molar-refractivity contribution < 1.29 is 13.8 Å². The van der Waals surface area contributed by atoms with Gasteiger partial charge in [0.25, 0.3) is 0 Å². The van der Waals surface area contributed by atoms with Crippen molar-refractivity contribution in [2.45, 2.75) is 0 Å². The van der Waals surface area contributed by atoms with E-state index in [1.165, 1.54) is 17.5 Å². The van der Waals surface area contributed by atoms with Gasteiger partial charge in [-0.05, 0) is 6.07 Å². The maximum Gasteiger partial charge on any atom is 0.472 e. The Morgan fingerprint density at radius 1 is 1.36 bits per heavy atom. The summed E-state index contributed by atoms with van der Waals surface area (Å²) in [7, 11) is -4.72. The number of nitriles is 1. The summed E-state index contributed by atoms with van der Waals surface area (Å²) in [6.07, 6.45) is 0.882. The lowest BCUT2D eigenvalue weighted by atomic mass is 10.1. The third-order valence-corrected chi connectivity index (χ3v) is 5.45. The van der Waals surface area contributed by atoms with E-state index >= 15 is 0 Å². The van der Waals surface area contributed by atoms with Crippen molar-refractivity contribution in [2.24, 2.45) is 9.89 Å². The molecule has 3 rings (SSSR count). The van der Waals surface area contributed by atoms with E-state index in [1.54, 1.807) is 6.07 Å². The molecule has 0 aliphatic rings. The average molecular weight is 377 g/mol. The number of ketones is 1. The highest BCUT2D eigenvalue weighted by Gasteiger charge is 2.33. The van der Waals surface area contributed by atoms with E-state index in [9.17, 15) is 23.6 Å². The van der Waals surface area contributed by atoms with Crippen LogP contribution in [0.15, 0.2) is 39.7 Å². The van der Waals surface area contributed by atoms with Crippen LogP contribution in [0.3, 0.4) is 0 Å². The van der Waals surface area contributed by atoms with Crippen molar-refractivity contribution in [1.29, 1.82) is 5.26 Å². The predicted octanol–water partition coefficient (Wildman–Crippen LogP) is 3.83. The SMILES string of the molecule is N#Cc1csc(C(=O)c2cn(P(=O)(N=O)N=O)c3c(F)cccc23)n1. The largest absolute Gasteiger partial charge is 0.472 e. The van der Waals surface area contributed by atoms with Crippen molar-refractivity contribution in [3.05, 3.63) is 61.7 Å². The van der Waals surface area contributed by atoms with Gasteiger partial charge < -0.3 is 0 Å². The van der Waals surface area contributed by atoms with E-state index in [2.05, 4.69) is 14.9 Å². The van der Waals surface area contributed by atoms with Gasteiger partial charge in [0.1, 0.15) is 11.9 Å². The Bertz CT molecular complexity index is 1120. The highest BCUT2D eigenvalue weighted by atomic mass is 32.1. The lowest BCUT2D eigenvalue weighted by Crippen LogP contribution is -2.00. The summed E-state index contributed by atoms with van der Waals surface area (Å²) in [6.45, 7) is 0. The first kappa shape index (κ1) is 16.8. The molecule has 0 radical (unpaired) electrons. The number of aromatic nitrogens is 2. The van der Waals surface area contributed by atoms with Crippen LogP contribution in [-0.4, -0.2) is 15.1 Å². The van der Waals surface area contributed by atoms with Gasteiger partial charge in [0.05, 0.1) is 11.1 Å². The summed E-state index contributed by atoms with van der Waals surface area (Å²) >= 11 is 0.893. The quantitative estimate of drug-likeness (QED) is 0.377. The minimum atomic E-state index is -4.72. The summed E-state index contributed by atoms with van der Waals surface area (Å²) in [5, 5.41) is 10.1. The molecule has 0 amide bonds. The van der Waals surface area contributed by atoms with Crippen molar-refractivity contribution in [3.8, 4) is 6.07 Å². The Labute approximate surface area is 142 Å². The third kappa shape index (κ3) is 2.57. The molecule has 3 aromatic rings. The molecule has 0 bridgehead atoms. The molecule has 0 spiro atoms. The zero-order chi connectivity index (χ0) is 18.2. The van der Waals surface area contributed by atoms with Crippen LogP contribution in [0.1, 0.15) is 21.1 Å². The van der Waals surface area contributed by atoms with Gasteiger partial charge in [-0.2, -0.15) is 5.26 Å². The fourth-order valence-corrected chi connectivity index (χ4v) is 3.86. The molecule has 1 aromatic carbocycles. The van der Waals surface area contributed by atoms with E-state index in [0.717, 1.165) is 23.6 Å². The van der Waals surface area contributed by atoms with Gasteiger partial charge in [0, 0.05) is 26.9 Å². The summed E-state index contributed by atoms with van der Waals surface area (Å²) in [5.41, 5.74) is -0.538. The molecule has 25 heavy (non-hydrogen) atoms. The van der Waals surface area contributed by atoms with Crippen molar-refractivity contribution >= 4 is 35.6 Å². The van der Waals surface area contributed by atoms with Gasteiger partial charge in [-0.25, -0.2) is 13.9 Å². The molecule has 0 unspecified atom stereocenters. The van der Waals surface area contributed by atoms with Crippen LogP contribution in [0.4, 0.5) is 4.39 Å². The normalized spacial score (nSPS) is 11.2. The van der Waals surface area contributed by atoms with E-state index in [-0.39, 0.29) is 21.7 Å². The second-order valence-corrected chi connectivity index (χ2v) is 7.32. The van der Waals surface area contributed by atoms with Crippen molar-refractivity contribution in [1.82, 2.24) is 9.32 Å². The Balaban J connectivity index is 2.30. The Morgan fingerprint density at radius 3 is 2.68 bits per heavy atom. The van der Waals surface area contributed by atoms with E-state index in [4.69, 9.17) is 5.26 Å². The van der Waals surface area contributed by atoms with Crippen molar-refractivity contribution in [2.75, 3.05) is 0 Å². The molecule has 0 saturated carbocycles. The van der Waals surface area contributed by atoms with Crippen LogP contribution in [0.2, 0.25) is 0 Å². The molecule has 0 aliphatic heterocycles. The predicted molar refractivity (Wildman–Crippen MR) is 86.8 cm³/mol. The number of rotatable bonds is 5. The maximum atomic E-state index is 14.2. The van der Waals surface area contributed by atoms with E-state index in [1.807, 2.05) is 0 Å². The Hall–Kier alpha value is -3.09. The van der Waals surface area contributed by atoms with Gasteiger partial charge in [0.15, 0.2) is 10.7 Å². The van der Waals surface area contributed by atoms with Gasteiger partial charge in [0.2, 0.25) is 5.78 Å². The first-order valence-corrected chi connectivity index (χ1v) is 8.90. The Morgan fingerprint density at radius 2 is 2.08 bits per heavy atom. The number of hydrogen-bond acceptors (Lipinski definition) is 7. The Kier molecular flexibility index (Phi) is 4.08. The number of carbonyl (C=O) groups is 1. The monoisotopic (exact) mass is 377 g/mol. The number of nitrogens with zero attached hydrogens (tertiary/aromatic N) is 5. The minimum Gasteiger partial charge on any atom is -0.286 e. The zero-order valence-corrected chi connectivity index (χ0v) is 13.7. The van der Waals surface area contributed by atoms with Crippen molar-refractivity contribution in [3.63, 3.8) is 0 Å². The van der Waals surface area contributed by atoms with Gasteiger partial charge in [-0.3, -0.25) is 9.13 Å². The number of nitroso groups, excluding NO2 is 2. The smallest absolute Gasteiger partial charge is 0.286 e. The van der Waals surface area contributed by atoms with E-state index in [0.29, 0.717) is 4.34 Å². The highest BCUT2D eigenvalue weighted by molar-refractivity contribution is 7.59. The van der Waals surface area contributed by atoms with Crippen LogP contribution in [0.5, 0.6) is 0 Å². The standard InChI is InChI=1S/C13H5FN5O4PS/c14-10-3-1-2-8-9(12(20)13-16-7(4-15)6-25-13)5-19(11(8)10)24(23,17-21)18-22/h1-3,5-6H. The minimum absolute atomic E-state index is 0.00577. The average Bonchev–Trinajstić information content (AvgIpc) is 3.26. The third-order valence-electron chi connectivity index (χ3n) is 3.31. The van der Waals surface area contributed by atoms with E-state index < -0.39 is 24.7 Å². The first-order valence-electron chi connectivity index (χ1n) is 6.45. The number of para-hydroxylation sites is 1. The zero-order valence-electron chi connectivity index (χ0n) is 12.0. The topological polar surface area (TPSA) is 135 Å². The van der Waals surface area contributed by atoms with Crippen LogP contribution in [-0.2, 0) is 4.57 Å². The number of halogens is 1. The molecule has 2 heterocycles. The summed E-state index contributed by atoms with van der Waals surface area (Å²) in [5.74, 6) is -1.61. The number of thiazole rings is 1. The molecule has 9 nitrogen and oxygen atoms in total. The number of benzene rings is 1. The maximum absolute atomic E-state index is 14.2. The number of hydrogen-bond donors (Lipinski definition) is 0. The molecule has 0 N–H and O–H groups in total. The summed E-state index contributed by atoms with van der Waals surface area (Å²) in [6, 6.07) is 5.43. The van der Waals surface area contributed by atoms with Crippen LogP contribution < -0.4 is 0 Å². The van der Waals surface area contributed by atoms with Crippen LogP contribution >= 0.6 is 18.9 Å². The molecular weight excluding hydrogens is 372 g/mol. The molecule has 0 atom stereocenters. The molecule has 0 aliphatic carbocycles. The van der Waals surface area contributed by atoms with Crippen LogP contribution in [0.25, 0.3) is 10.9 Å². The van der Waals surface area contributed by atoms with Gasteiger partial charge in [-0.15, -0.1) is 21.2 Å². The lowest BCUT2D eigenvalue weighted by Gasteiger charge is -2.04. The molecular formula is C13H5FN5O4PS. The highest BCUT2D eigenvalue weighted by Crippen LogP contribution is 2.52. The van der Waals surface area contributed by atoms with Gasteiger partial charge in [-0.1, -0.05) is 12.1 Å². The fraction of sp³-hybridized carbons (Fsp3) is 0. The molecule has 0 fully saturated rings. The summed E-state index contributed by atoms with van der Waals surface area (Å²) in [4.78, 5) is 42.5. The second-order valence-electron chi connectivity index (χ2n) is 4.68. The lowest BCUT2D eigenvalue weighted by molar-refractivity contribution is 0.104. The molecule has 12 heteroatoms. The van der Waals surface area contributed by atoms with Crippen LogP contribution in [0, 0.1) is 27.0 Å². The fourth-order valence-electron chi connectivity index (χ4n) is 2.25. The first-order chi connectivity index (χ1) is 11.9. The molecule has 0 saturated heterocycles. The number of fused-ring (bicyclic) bond motifs is 1. The molecule has 124 valence electrons. The second kappa shape index (κ2) is 6.08. The van der Waals surface area contributed by atoms with Gasteiger partial charge >= 0.3 is 7.59 Å². The molecule has 2 aromatic heterocycles. The summed E-state index contributed by atoms with van der Waals surface area (Å²) < 4.78 is 26.9. The number of carbonyl (C=O) groups excluding carboxylic acids is 1.